The van der Waals surface area contributed by atoms with E-state index in [1.807, 2.05) is 37.1 Å². The molecule has 0 radical (unpaired) electrons. The van der Waals surface area contributed by atoms with Gasteiger partial charge in [0.05, 0.1) is 12.8 Å². The van der Waals surface area contributed by atoms with E-state index in [2.05, 4.69) is 22.9 Å². The van der Waals surface area contributed by atoms with E-state index in [1.54, 1.807) is 7.11 Å². The van der Waals surface area contributed by atoms with Crippen molar-refractivity contribution in [2.75, 3.05) is 38.2 Å². The van der Waals surface area contributed by atoms with Crippen LogP contribution in [0.1, 0.15) is 25.8 Å². The van der Waals surface area contributed by atoms with Crippen LogP contribution in [0.3, 0.4) is 0 Å². The molecule has 1 aliphatic heterocycles. The van der Waals surface area contributed by atoms with Crippen molar-refractivity contribution in [3.05, 3.63) is 30.0 Å². The second-order valence-corrected chi connectivity index (χ2v) is 6.97. The van der Waals surface area contributed by atoms with Gasteiger partial charge in [-0.3, -0.25) is 9.78 Å². The number of carbonyl (C=O) groups excluding carboxylic acids is 1. The summed E-state index contributed by atoms with van der Waals surface area (Å²) in [5, 5.41) is 1.11. The molecule has 134 valence electrons. The zero-order valence-corrected chi connectivity index (χ0v) is 15.6. The molecule has 1 amide bonds. The molecule has 0 aliphatic carbocycles. The van der Waals surface area contributed by atoms with Gasteiger partial charge < -0.3 is 14.5 Å². The van der Waals surface area contributed by atoms with Gasteiger partial charge in [-0.15, -0.1) is 0 Å². The third-order valence-corrected chi connectivity index (χ3v) is 4.85. The Hall–Kier alpha value is -2.30. The highest BCUT2D eigenvalue weighted by atomic mass is 16.5. The number of ether oxygens (including phenoxy) is 1. The average molecular weight is 341 g/mol. The molecule has 3 rings (SSSR count). The quantitative estimate of drug-likeness (QED) is 0.860. The molecule has 0 bridgehead atoms. The number of fused-ring (bicyclic) bond motifs is 1. The number of para-hydroxylation sites is 1. The SMILES string of the molecule is COc1cccc2c(N3CCCN(C(=O)C(C)C)CC3)c(C)cnc12. The van der Waals surface area contributed by atoms with Gasteiger partial charge in [-0.25, -0.2) is 0 Å². The van der Waals surface area contributed by atoms with Gasteiger partial charge in [0.2, 0.25) is 5.91 Å². The number of anilines is 1. The molecule has 0 saturated carbocycles. The Bertz CT molecular complexity index is 773. The van der Waals surface area contributed by atoms with Crippen molar-refractivity contribution in [3.63, 3.8) is 0 Å². The van der Waals surface area contributed by atoms with E-state index in [4.69, 9.17) is 4.74 Å². The van der Waals surface area contributed by atoms with Crippen LogP contribution in [0.2, 0.25) is 0 Å². The standard InChI is InChI=1S/C20H27N3O2/c1-14(2)20(24)23-10-6-9-22(11-12-23)19-15(3)13-21-18-16(19)7-5-8-17(18)25-4/h5,7-8,13-14H,6,9-12H2,1-4H3. The summed E-state index contributed by atoms with van der Waals surface area (Å²) < 4.78 is 5.48. The number of rotatable bonds is 3. The fourth-order valence-corrected chi connectivity index (χ4v) is 3.59. The lowest BCUT2D eigenvalue weighted by molar-refractivity contribution is -0.134. The summed E-state index contributed by atoms with van der Waals surface area (Å²) in [5.41, 5.74) is 3.26. The van der Waals surface area contributed by atoms with Crippen molar-refractivity contribution >= 4 is 22.5 Å². The van der Waals surface area contributed by atoms with Crippen LogP contribution in [0.4, 0.5) is 5.69 Å². The van der Waals surface area contributed by atoms with Crippen LogP contribution in [0, 0.1) is 12.8 Å². The summed E-state index contributed by atoms with van der Waals surface area (Å²) in [6, 6.07) is 6.06. The number of carbonyl (C=O) groups is 1. The third kappa shape index (κ3) is 3.41. The number of aromatic nitrogens is 1. The fourth-order valence-electron chi connectivity index (χ4n) is 3.59. The zero-order chi connectivity index (χ0) is 18.0. The number of methoxy groups -OCH3 is 1. The highest BCUT2D eigenvalue weighted by Crippen LogP contribution is 2.34. The summed E-state index contributed by atoms with van der Waals surface area (Å²) in [6.07, 6.45) is 2.90. The van der Waals surface area contributed by atoms with E-state index < -0.39 is 0 Å². The Morgan fingerprint density at radius 2 is 2.00 bits per heavy atom. The van der Waals surface area contributed by atoms with Crippen LogP contribution in [-0.2, 0) is 4.79 Å². The van der Waals surface area contributed by atoms with E-state index in [0.29, 0.717) is 0 Å². The first-order chi connectivity index (χ1) is 12.0. The Labute approximate surface area is 149 Å². The summed E-state index contributed by atoms with van der Waals surface area (Å²) >= 11 is 0. The maximum absolute atomic E-state index is 12.3. The number of pyridine rings is 1. The van der Waals surface area contributed by atoms with Gasteiger partial charge in [0.25, 0.3) is 0 Å². The van der Waals surface area contributed by atoms with Crippen LogP contribution in [-0.4, -0.2) is 49.1 Å². The Balaban J connectivity index is 1.94. The Morgan fingerprint density at radius 3 is 2.72 bits per heavy atom. The molecule has 5 nitrogen and oxygen atoms in total. The molecule has 25 heavy (non-hydrogen) atoms. The summed E-state index contributed by atoms with van der Waals surface area (Å²) in [5.74, 6) is 1.10. The number of hydrogen-bond donors (Lipinski definition) is 0. The molecule has 0 spiro atoms. The van der Waals surface area contributed by atoms with Crippen molar-refractivity contribution < 1.29 is 9.53 Å². The molecule has 0 unspecified atom stereocenters. The van der Waals surface area contributed by atoms with Gasteiger partial charge in [-0.1, -0.05) is 26.0 Å². The number of benzene rings is 1. The number of nitrogens with zero attached hydrogens (tertiary/aromatic N) is 3. The molecule has 0 atom stereocenters. The van der Waals surface area contributed by atoms with Gasteiger partial charge in [-0.05, 0) is 25.0 Å². The molecule has 1 aromatic heterocycles. The normalized spacial score (nSPS) is 15.6. The van der Waals surface area contributed by atoms with Crippen molar-refractivity contribution in [2.24, 2.45) is 5.92 Å². The second kappa shape index (κ2) is 7.30. The first kappa shape index (κ1) is 17.5. The van der Waals surface area contributed by atoms with E-state index in [0.717, 1.165) is 54.8 Å². The van der Waals surface area contributed by atoms with Crippen LogP contribution in [0.5, 0.6) is 5.75 Å². The maximum atomic E-state index is 12.3. The first-order valence-electron chi connectivity index (χ1n) is 8.99. The lowest BCUT2D eigenvalue weighted by atomic mass is 10.1. The maximum Gasteiger partial charge on any atom is 0.225 e. The molecule has 1 fully saturated rings. The Kier molecular flexibility index (Phi) is 5.11. The topological polar surface area (TPSA) is 45.7 Å². The third-order valence-electron chi connectivity index (χ3n) is 4.85. The van der Waals surface area contributed by atoms with Crippen LogP contribution in [0.15, 0.2) is 24.4 Å². The lowest BCUT2D eigenvalue weighted by Crippen LogP contribution is -2.37. The number of aryl methyl sites for hydroxylation is 1. The average Bonchev–Trinajstić information content (AvgIpc) is 2.86. The molecule has 2 aromatic rings. The van der Waals surface area contributed by atoms with Crippen molar-refractivity contribution in [3.8, 4) is 5.75 Å². The largest absolute Gasteiger partial charge is 0.494 e. The highest BCUT2D eigenvalue weighted by molar-refractivity contribution is 5.96. The van der Waals surface area contributed by atoms with Gasteiger partial charge >= 0.3 is 0 Å². The van der Waals surface area contributed by atoms with E-state index in [-0.39, 0.29) is 11.8 Å². The van der Waals surface area contributed by atoms with Crippen molar-refractivity contribution in [2.45, 2.75) is 27.2 Å². The number of hydrogen-bond acceptors (Lipinski definition) is 4. The summed E-state index contributed by atoms with van der Waals surface area (Å²) in [4.78, 5) is 21.3. The molecule has 5 heteroatoms. The van der Waals surface area contributed by atoms with Gasteiger partial charge in [0.1, 0.15) is 11.3 Å². The van der Waals surface area contributed by atoms with E-state index >= 15 is 0 Å². The first-order valence-corrected chi connectivity index (χ1v) is 8.99. The molecular weight excluding hydrogens is 314 g/mol. The molecule has 0 N–H and O–H groups in total. The smallest absolute Gasteiger partial charge is 0.225 e. The van der Waals surface area contributed by atoms with Gasteiger partial charge in [0.15, 0.2) is 0 Å². The van der Waals surface area contributed by atoms with Crippen molar-refractivity contribution in [1.29, 1.82) is 0 Å². The highest BCUT2D eigenvalue weighted by Gasteiger charge is 2.23. The molecular formula is C20H27N3O2. The molecule has 1 aromatic carbocycles. The fraction of sp³-hybridized carbons (Fsp3) is 0.500. The van der Waals surface area contributed by atoms with Crippen LogP contribution >= 0.6 is 0 Å². The monoisotopic (exact) mass is 341 g/mol. The van der Waals surface area contributed by atoms with Gasteiger partial charge in [-0.2, -0.15) is 0 Å². The zero-order valence-electron chi connectivity index (χ0n) is 15.6. The minimum atomic E-state index is 0.0549. The van der Waals surface area contributed by atoms with E-state index in [1.165, 1.54) is 5.69 Å². The van der Waals surface area contributed by atoms with Crippen LogP contribution in [0.25, 0.3) is 10.9 Å². The van der Waals surface area contributed by atoms with Crippen molar-refractivity contribution in [1.82, 2.24) is 9.88 Å². The second-order valence-electron chi connectivity index (χ2n) is 6.97. The number of amides is 1. The van der Waals surface area contributed by atoms with Gasteiger partial charge in [0, 0.05) is 43.7 Å². The summed E-state index contributed by atoms with van der Waals surface area (Å²) in [7, 11) is 1.68. The minimum Gasteiger partial charge on any atom is -0.494 e. The predicted molar refractivity (Wildman–Crippen MR) is 101 cm³/mol. The molecule has 1 saturated heterocycles. The summed E-state index contributed by atoms with van der Waals surface area (Å²) in [6.45, 7) is 9.43. The molecule has 2 heterocycles. The Morgan fingerprint density at radius 1 is 1.20 bits per heavy atom. The lowest BCUT2D eigenvalue weighted by Gasteiger charge is -2.27. The molecule has 1 aliphatic rings. The van der Waals surface area contributed by atoms with Crippen LogP contribution < -0.4 is 9.64 Å². The van der Waals surface area contributed by atoms with E-state index in [9.17, 15) is 4.79 Å². The predicted octanol–water partition coefficient (Wildman–Crippen LogP) is 3.25. The minimum absolute atomic E-state index is 0.0549.